The van der Waals surface area contributed by atoms with E-state index in [4.69, 9.17) is 0 Å². The lowest BCUT2D eigenvalue weighted by Gasteiger charge is -2.10. The third kappa shape index (κ3) is 5.84. The van der Waals surface area contributed by atoms with Crippen molar-refractivity contribution in [3.05, 3.63) is 0 Å². The minimum atomic E-state index is -3.42. The van der Waals surface area contributed by atoms with Crippen molar-refractivity contribution in [1.29, 1.82) is 0 Å². The molecular weight excluding hydrogens is 296 g/mol. The Kier molecular flexibility index (Phi) is 8.01. The van der Waals surface area contributed by atoms with E-state index >= 15 is 0 Å². The lowest BCUT2D eigenvalue weighted by Crippen LogP contribution is -2.28. The minimum Gasteiger partial charge on any atom is -0.464 e. The SMILES string of the molecule is CCCCCCS(=O)(=O)C(Br)C(=O)OCC. The van der Waals surface area contributed by atoms with E-state index in [0.717, 1.165) is 19.3 Å². The highest BCUT2D eigenvalue weighted by Gasteiger charge is 2.30. The second-order valence-corrected chi connectivity index (χ2v) is 7.22. The molecule has 16 heavy (non-hydrogen) atoms. The van der Waals surface area contributed by atoms with Crippen molar-refractivity contribution in [2.45, 2.75) is 43.7 Å². The Balaban J connectivity index is 4.16. The van der Waals surface area contributed by atoms with E-state index in [-0.39, 0.29) is 12.4 Å². The molecule has 0 aliphatic carbocycles. The predicted molar refractivity (Wildman–Crippen MR) is 67.3 cm³/mol. The van der Waals surface area contributed by atoms with E-state index in [0.29, 0.717) is 6.42 Å². The minimum absolute atomic E-state index is 0.0295. The molecule has 0 saturated heterocycles. The fourth-order valence-electron chi connectivity index (χ4n) is 1.19. The fraction of sp³-hybridized carbons (Fsp3) is 0.900. The standard InChI is InChI=1S/C10H19BrO4S/c1-3-5-6-7-8-16(13,14)9(11)10(12)15-4-2/h9H,3-8H2,1-2H3. The Morgan fingerprint density at radius 1 is 1.25 bits per heavy atom. The van der Waals surface area contributed by atoms with Crippen LogP contribution in [0, 0.1) is 0 Å². The highest BCUT2D eigenvalue weighted by atomic mass is 79.9. The fourth-order valence-corrected chi connectivity index (χ4v) is 3.06. The Bertz CT molecular complexity index is 300. The first-order valence-corrected chi connectivity index (χ1v) is 8.11. The zero-order valence-electron chi connectivity index (χ0n) is 9.74. The van der Waals surface area contributed by atoms with Crippen molar-refractivity contribution in [3.8, 4) is 0 Å². The molecule has 6 heteroatoms. The number of hydrogen-bond donors (Lipinski definition) is 0. The molecule has 0 aromatic carbocycles. The van der Waals surface area contributed by atoms with E-state index < -0.39 is 20.0 Å². The van der Waals surface area contributed by atoms with Crippen molar-refractivity contribution >= 4 is 31.7 Å². The first-order chi connectivity index (χ1) is 7.45. The molecule has 0 fully saturated rings. The molecule has 0 aliphatic rings. The monoisotopic (exact) mass is 314 g/mol. The predicted octanol–water partition coefficient (Wildman–Crippen LogP) is 2.27. The molecule has 0 rings (SSSR count). The van der Waals surface area contributed by atoms with Crippen LogP contribution in [0.25, 0.3) is 0 Å². The number of carbonyl (C=O) groups excluding carboxylic acids is 1. The molecule has 0 aromatic rings. The van der Waals surface area contributed by atoms with Crippen molar-refractivity contribution in [2.75, 3.05) is 12.4 Å². The number of carbonyl (C=O) groups is 1. The summed E-state index contributed by atoms with van der Waals surface area (Å²) in [4.78, 5) is 11.2. The summed E-state index contributed by atoms with van der Waals surface area (Å²) in [5.41, 5.74) is 0. The van der Waals surface area contributed by atoms with Gasteiger partial charge in [-0.3, -0.25) is 0 Å². The summed E-state index contributed by atoms with van der Waals surface area (Å²) >= 11 is 2.87. The number of sulfone groups is 1. The molecule has 0 aromatic heterocycles. The molecule has 0 aliphatic heterocycles. The van der Waals surface area contributed by atoms with Crippen LogP contribution in [-0.4, -0.2) is 30.9 Å². The Morgan fingerprint density at radius 3 is 2.38 bits per heavy atom. The average Bonchev–Trinajstić information content (AvgIpc) is 2.23. The van der Waals surface area contributed by atoms with Gasteiger partial charge in [-0.2, -0.15) is 0 Å². The molecule has 1 unspecified atom stereocenters. The van der Waals surface area contributed by atoms with Crippen molar-refractivity contribution in [3.63, 3.8) is 0 Å². The molecule has 0 radical (unpaired) electrons. The van der Waals surface area contributed by atoms with E-state index in [1.807, 2.05) is 0 Å². The number of unbranched alkanes of at least 4 members (excludes halogenated alkanes) is 3. The second kappa shape index (κ2) is 8.06. The molecule has 0 bridgehead atoms. The first-order valence-electron chi connectivity index (χ1n) is 5.48. The molecule has 0 saturated carbocycles. The van der Waals surface area contributed by atoms with Gasteiger partial charge < -0.3 is 4.74 Å². The molecular formula is C10H19BrO4S. The zero-order chi connectivity index (χ0) is 12.6. The van der Waals surface area contributed by atoms with E-state index in [1.165, 1.54) is 0 Å². The largest absolute Gasteiger partial charge is 0.464 e. The van der Waals surface area contributed by atoms with Gasteiger partial charge in [-0.25, -0.2) is 13.2 Å². The smallest absolute Gasteiger partial charge is 0.335 e. The zero-order valence-corrected chi connectivity index (χ0v) is 12.1. The van der Waals surface area contributed by atoms with Crippen LogP contribution < -0.4 is 0 Å². The molecule has 1 atom stereocenters. The summed E-state index contributed by atoms with van der Waals surface area (Å²) in [5.74, 6) is -0.695. The van der Waals surface area contributed by atoms with Crippen LogP contribution in [0.5, 0.6) is 0 Å². The summed E-state index contributed by atoms with van der Waals surface area (Å²) in [6.07, 6.45) is 3.54. The third-order valence-electron chi connectivity index (χ3n) is 2.07. The number of ether oxygens (including phenoxy) is 1. The van der Waals surface area contributed by atoms with Gasteiger partial charge in [0.25, 0.3) is 0 Å². The summed E-state index contributed by atoms with van der Waals surface area (Å²) in [6, 6.07) is 0. The van der Waals surface area contributed by atoms with Crippen LogP contribution in [0.15, 0.2) is 0 Å². The molecule has 96 valence electrons. The summed E-state index contributed by atoms with van der Waals surface area (Å²) < 4.78 is 26.8. The average molecular weight is 315 g/mol. The quantitative estimate of drug-likeness (QED) is 0.392. The Morgan fingerprint density at radius 2 is 1.88 bits per heavy atom. The van der Waals surface area contributed by atoms with Gasteiger partial charge in [0.1, 0.15) is 0 Å². The Hall–Kier alpha value is -0.100. The van der Waals surface area contributed by atoms with Crippen molar-refractivity contribution < 1.29 is 17.9 Å². The van der Waals surface area contributed by atoms with Crippen LogP contribution in [0.2, 0.25) is 0 Å². The van der Waals surface area contributed by atoms with E-state index in [2.05, 4.69) is 27.6 Å². The molecule has 0 spiro atoms. The van der Waals surface area contributed by atoms with Gasteiger partial charge in [-0.05, 0) is 13.3 Å². The van der Waals surface area contributed by atoms with Crippen LogP contribution in [0.3, 0.4) is 0 Å². The number of esters is 1. The summed E-state index contributed by atoms with van der Waals surface area (Å²) in [6.45, 7) is 3.89. The van der Waals surface area contributed by atoms with E-state index in [9.17, 15) is 13.2 Å². The molecule has 0 amide bonds. The maximum atomic E-state index is 11.7. The van der Waals surface area contributed by atoms with Crippen LogP contribution >= 0.6 is 15.9 Å². The highest BCUT2D eigenvalue weighted by molar-refractivity contribution is 9.11. The van der Waals surface area contributed by atoms with Gasteiger partial charge in [-0.1, -0.05) is 42.1 Å². The number of alkyl halides is 1. The molecule has 0 heterocycles. The van der Waals surface area contributed by atoms with Gasteiger partial charge >= 0.3 is 5.97 Å². The number of hydrogen-bond acceptors (Lipinski definition) is 4. The van der Waals surface area contributed by atoms with Crippen LogP contribution in [-0.2, 0) is 19.4 Å². The highest BCUT2D eigenvalue weighted by Crippen LogP contribution is 2.14. The lowest BCUT2D eigenvalue weighted by molar-refractivity contribution is -0.140. The van der Waals surface area contributed by atoms with Gasteiger partial charge in [0.05, 0.1) is 12.4 Å². The topological polar surface area (TPSA) is 60.4 Å². The van der Waals surface area contributed by atoms with Crippen LogP contribution in [0.1, 0.15) is 39.5 Å². The van der Waals surface area contributed by atoms with Gasteiger partial charge in [0, 0.05) is 0 Å². The van der Waals surface area contributed by atoms with Crippen molar-refractivity contribution in [2.24, 2.45) is 0 Å². The summed E-state index contributed by atoms with van der Waals surface area (Å²) in [7, 11) is -3.42. The third-order valence-corrected chi connectivity index (χ3v) is 5.83. The number of halogens is 1. The van der Waals surface area contributed by atoms with Gasteiger partial charge in [-0.15, -0.1) is 0 Å². The van der Waals surface area contributed by atoms with Gasteiger partial charge in [0.15, 0.2) is 9.84 Å². The lowest BCUT2D eigenvalue weighted by atomic mass is 10.2. The normalized spacial score (nSPS) is 13.4. The Labute approximate surface area is 106 Å². The van der Waals surface area contributed by atoms with Gasteiger partial charge in [0.2, 0.25) is 4.16 Å². The maximum Gasteiger partial charge on any atom is 0.335 e. The van der Waals surface area contributed by atoms with Crippen molar-refractivity contribution in [1.82, 2.24) is 0 Å². The molecule has 4 nitrogen and oxygen atoms in total. The second-order valence-electron chi connectivity index (χ2n) is 3.50. The maximum absolute atomic E-state index is 11.7. The van der Waals surface area contributed by atoms with Crippen LogP contribution in [0.4, 0.5) is 0 Å². The number of rotatable bonds is 8. The first kappa shape index (κ1) is 15.9. The van der Waals surface area contributed by atoms with E-state index in [1.54, 1.807) is 6.92 Å². The summed E-state index contributed by atoms with van der Waals surface area (Å²) in [5, 5.41) is 0. The molecule has 0 N–H and O–H groups in total.